The third-order valence-electron chi connectivity index (χ3n) is 1.52. The lowest BCUT2D eigenvalue weighted by molar-refractivity contribution is 0.147. The molecular formula is C7H9F2N3. The van der Waals surface area contributed by atoms with Crippen LogP contribution >= 0.6 is 0 Å². The van der Waals surface area contributed by atoms with E-state index in [1.54, 1.807) is 6.92 Å². The highest BCUT2D eigenvalue weighted by atomic mass is 19.3. The van der Waals surface area contributed by atoms with E-state index in [4.69, 9.17) is 11.5 Å². The van der Waals surface area contributed by atoms with Crippen LogP contribution in [0, 0.1) is 6.92 Å². The molecule has 66 valence electrons. The van der Waals surface area contributed by atoms with Crippen molar-refractivity contribution in [2.75, 3.05) is 11.5 Å². The van der Waals surface area contributed by atoms with E-state index in [1.807, 2.05) is 0 Å². The summed E-state index contributed by atoms with van der Waals surface area (Å²) in [5.74, 6) is 0. The standard InChI is InChI=1S/C7H9F2N3/c1-3-4(10)2-5(11)6(12-3)7(8)9/h2,7H,10-11H2,1H3. The van der Waals surface area contributed by atoms with E-state index in [9.17, 15) is 8.78 Å². The number of hydrogen-bond donors (Lipinski definition) is 2. The average molecular weight is 173 g/mol. The predicted octanol–water partition coefficient (Wildman–Crippen LogP) is 1.49. The molecule has 0 aliphatic carbocycles. The highest BCUT2D eigenvalue weighted by molar-refractivity contribution is 5.56. The van der Waals surface area contributed by atoms with Crippen molar-refractivity contribution in [3.8, 4) is 0 Å². The molecule has 1 rings (SSSR count). The number of rotatable bonds is 1. The van der Waals surface area contributed by atoms with Gasteiger partial charge >= 0.3 is 0 Å². The molecule has 3 nitrogen and oxygen atoms in total. The fraction of sp³-hybridized carbons (Fsp3) is 0.286. The molecule has 4 N–H and O–H groups in total. The van der Waals surface area contributed by atoms with E-state index < -0.39 is 12.1 Å². The maximum Gasteiger partial charge on any atom is 0.282 e. The monoisotopic (exact) mass is 173 g/mol. The Morgan fingerprint density at radius 2 is 1.92 bits per heavy atom. The molecule has 0 radical (unpaired) electrons. The molecule has 0 aromatic carbocycles. The Morgan fingerprint density at radius 1 is 1.33 bits per heavy atom. The number of aryl methyl sites for hydroxylation is 1. The van der Waals surface area contributed by atoms with Gasteiger partial charge in [0.25, 0.3) is 6.43 Å². The Morgan fingerprint density at radius 3 is 2.42 bits per heavy atom. The van der Waals surface area contributed by atoms with Gasteiger partial charge in [0.2, 0.25) is 0 Å². The topological polar surface area (TPSA) is 64.9 Å². The highest BCUT2D eigenvalue weighted by Crippen LogP contribution is 2.25. The summed E-state index contributed by atoms with van der Waals surface area (Å²) in [7, 11) is 0. The molecule has 0 fully saturated rings. The van der Waals surface area contributed by atoms with Crippen molar-refractivity contribution >= 4 is 11.4 Å². The zero-order valence-corrected chi connectivity index (χ0v) is 6.51. The van der Waals surface area contributed by atoms with Crippen LogP contribution in [0.15, 0.2) is 6.07 Å². The summed E-state index contributed by atoms with van der Waals surface area (Å²) < 4.78 is 24.3. The first-order valence-electron chi connectivity index (χ1n) is 3.33. The second-order valence-electron chi connectivity index (χ2n) is 2.44. The molecule has 12 heavy (non-hydrogen) atoms. The fourth-order valence-electron chi connectivity index (χ4n) is 0.830. The van der Waals surface area contributed by atoms with Crippen LogP contribution in [-0.2, 0) is 0 Å². The first-order chi connectivity index (χ1) is 5.52. The van der Waals surface area contributed by atoms with Crippen LogP contribution in [0.3, 0.4) is 0 Å². The van der Waals surface area contributed by atoms with Crippen LogP contribution in [0.2, 0.25) is 0 Å². The van der Waals surface area contributed by atoms with E-state index in [1.165, 1.54) is 6.07 Å². The highest BCUT2D eigenvalue weighted by Gasteiger charge is 2.14. The molecule has 0 spiro atoms. The van der Waals surface area contributed by atoms with Gasteiger partial charge in [0.15, 0.2) is 0 Å². The number of anilines is 2. The van der Waals surface area contributed by atoms with Crippen molar-refractivity contribution in [2.45, 2.75) is 13.3 Å². The smallest absolute Gasteiger partial charge is 0.282 e. The summed E-state index contributed by atoms with van der Waals surface area (Å²) in [6.45, 7) is 1.56. The maximum absolute atomic E-state index is 12.2. The summed E-state index contributed by atoms with van der Waals surface area (Å²) in [6, 6.07) is 1.30. The van der Waals surface area contributed by atoms with Gasteiger partial charge in [-0.25, -0.2) is 13.8 Å². The molecule has 1 aromatic heterocycles. The number of nitrogens with two attached hydrogens (primary N) is 2. The van der Waals surface area contributed by atoms with Crippen molar-refractivity contribution < 1.29 is 8.78 Å². The molecule has 5 heteroatoms. The van der Waals surface area contributed by atoms with Crippen LogP contribution in [0.5, 0.6) is 0 Å². The second-order valence-corrected chi connectivity index (χ2v) is 2.44. The predicted molar refractivity (Wildman–Crippen MR) is 42.8 cm³/mol. The fourth-order valence-corrected chi connectivity index (χ4v) is 0.830. The molecule has 0 saturated carbocycles. The van der Waals surface area contributed by atoms with Crippen molar-refractivity contribution in [3.63, 3.8) is 0 Å². The van der Waals surface area contributed by atoms with Gasteiger partial charge < -0.3 is 11.5 Å². The molecule has 1 aromatic rings. The number of pyridine rings is 1. The third-order valence-corrected chi connectivity index (χ3v) is 1.52. The van der Waals surface area contributed by atoms with E-state index in [0.717, 1.165) is 0 Å². The third kappa shape index (κ3) is 1.44. The van der Waals surface area contributed by atoms with E-state index in [2.05, 4.69) is 4.98 Å². The minimum Gasteiger partial charge on any atom is -0.397 e. The molecule has 0 amide bonds. The lowest BCUT2D eigenvalue weighted by Gasteiger charge is -2.06. The van der Waals surface area contributed by atoms with Gasteiger partial charge in [-0.2, -0.15) is 0 Å². The summed E-state index contributed by atoms with van der Waals surface area (Å²) in [4.78, 5) is 3.57. The lowest BCUT2D eigenvalue weighted by atomic mass is 10.2. The first kappa shape index (κ1) is 8.70. The molecule has 1 heterocycles. The maximum atomic E-state index is 12.2. The van der Waals surface area contributed by atoms with Gasteiger partial charge in [-0.05, 0) is 13.0 Å². The first-order valence-corrected chi connectivity index (χ1v) is 3.33. The van der Waals surface area contributed by atoms with Gasteiger partial charge in [-0.3, -0.25) is 0 Å². The Balaban J connectivity index is 3.23. The molecular weight excluding hydrogens is 164 g/mol. The van der Waals surface area contributed by atoms with Crippen molar-refractivity contribution in [2.24, 2.45) is 0 Å². The van der Waals surface area contributed by atoms with E-state index in [0.29, 0.717) is 11.4 Å². The minimum atomic E-state index is -2.65. The molecule has 0 unspecified atom stereocenters. The van der Waals surface area contributed by atoms with Crippen LogP contribution < -0.4 is 11.5 Å². The Labute approximate surface area is 68.4 Å². The minimum absolute atomic E-state index is 0.0619. The number of hydrogen-bond acceptors (Lipinski definition) is 3. The Bertz CT molecular complexity index is 299. The molecule has 0 atom stereocenters. The number of nitrogen functional groups attached to an aromatic ring is 2. The van der Waals surface area contributed by atoms with Crippen LogP contribution in [0.1, 0.15) is 17.8 Å². The van der Waals surface area contributed by atoms with Gasteiger partial charge in [-0.15, -0.1) is 0 Å². The molecule has 0 bridgehead atoms. The van der Waals surface area contributed by atoms with Crippen LogP contribution in [-0.4, -0.2) is 4.98 Å². The average Bonchev–Trinajstić information content (AvgIpc) is 1.96. The van der Waals surface area contributed by atoms with Gasteiger partial charge in [0.1, 0.15) is 5.69 Å². The van der Waals surface area contributed by atoms with Crippen molar-refractivity contribution in [3.05, 3.63) is 17.5 Å². The SMILES string of the molecule is Cc1nc(C(F)F)c(N)cc1N. The van der Waals surface area contributed by atoms with Crippen molar-refractivity contribution in [1.29, 1.82) is 0 Å². The molecule has 0 saturated heterocycles. The van der Waals surface area contributed by atoms with Gasteiger partial charge in [0.05, 0.1) is 17.1 Å². The van der Waals surface area contributed by atoms with Gasteiger partial charge in [0, 0.05) is 0 Å². The zero-order chi connectivity index (χ0) is 9.30. The van der Waals surface area contributed by atoms with Crippen LogP contribution in [0.25, 0.3) is 0 Å². The largest absolute Gasteiger partial charge is 0.397 e. The van der Waals surface area contributed by atoms with Crippen molar-refractivity contribution in [1.82, 2.24) is 4.98 Å². The number of aromatic nitrogens is 1. The quantitative estimate of drug-likeness (QED) is 0.676. The number of halogens is 2. The lowest BCUT2D eigenvalue weighted by Crippen LogP contribution is -2.03. The van der Waals surface area contributed by atoms with Gasteiger partial charge in [-0.1, -0.05) is 0 Å². The summed E-state index contributed by atoms with van der Waals surface area (Å²) in [5.41, 5.74) is 10.9. The summed E-state index contributed by atoms with van der Waals surface area (Å²) in [6.07, 6.45) is -2.65. The van der Waals surface area contributed by atoms with E-state index in [-0.39, 0.29) is 5.69 Å². The second kappa shape index (κ2) is 2.92. The molecule has 0 aliphatic heterocycles. The normalized spacial score (nSPS) is 10.7. The van der Waals surface area contributed by atoms with E-state index >= 15 is 0 Å². The summed E-state index contributed by atoms with van der Waals surface area (Å²) in [5, 5.41) is 0. The number of nitrogens with zero attached hydrogens (tertiary/aromatic N) is 1. The zero-order valence-electron chi connectivity index (χ0n) is 6.51. The van der Waals surface area contributed by atoms with Crippen LogP contribution in [0.4, 0.5) is 20.2 Å². The summed E-state index contributed by atoms with van der Waals surface area (Å²) >= 11 is 0. The Hall–Kier alpha value is -1.39. The number of alkyl halides is 2. The Kier molecular flexibility index (Phi) is 2.12. The molecule has 0 aliphatic rings.